The van der Waals surface area contributed by atoms with Gasteiger partial charge in [-0.25, -0.2) is 0 Å². The average Bonchev–Trinajstić information content (AvgIpc) is 2.96. The van der Waals surface area contributed by atoms with Crippen molar-refractivity contribution in [2.75, 3.05) is 38.5 Å². The van der Waals surface area contributed by atoms with Crippen LogP contribution in [0.4, 0.5) is 5.69 Å². The molecule has 2 rings (SSSR count). The zero-order valence-corrected chi connectivity index (χ0v) is 11.6. The lowest BCUT2D eigenvalue weighted by Crippen LogP contribution is -2.29. The number of para-hydroxylation sites is 1. The van der Waals surface area contributed by atoms with Crippen LogP contribution in [0.15, 0.2) is 24.3 Å². The topological polar surface area (TPSA) is 44.4 Å². The van der Waals surface area contributed by atoms with Crippen LogP contribution in [-0.4, -0.2) is 44.0 Å². The van der Waals surface area contributed by atoms with Crippen molar-refractivity contribution in [2.45, 2.75) is 19.3 Å². The predicted molar refractivity (Wildman–Crippen MR) is 78.6 cm³/mol. The first-order valence-corrected chi connectivity index (χ1v) is 7.08. The number of hydrogen-bond acceptors (Lipinski definition) is 3. The summed E-state index contributed by atoms with van der Waals surface area (Å²) in [5.74, 6) is 0.00590. The first-order valence-electron chi connectivity index (χ1n) is 7.08. The van der Waals surface area contributed by atoms with Gasteiger partial charge in [0.05, 0.1) is 5.56 Å². The number of nitrogens with one attached hydrogen (secondary N) is 2. The van der Waals surface area contributed by atoms with Crippen molar-refractivity contribution < 1.29 is 4.79 Å². The van der Waals surface area contributed by atoms with Crippen molar-refractivity contribution in [3.05, 3.63) is 29.8 Å². The lowest BCUT2D eigenvalue weighted by Gasteiger charge is -2.14. The molecule has 0 radical (unpaired) electrons. The summed E-state index contributed by atoms with van der Waals surface area (Å²) in [7, 11) is 1.83. The van der Waals surface area contributed by atoms with Crippen LogP contribution in [0.5, 0.6) is 0 Å². The molecular formula is C15H23N3O. The summed E-state index contributed by atoms with van der Waals surface area (Å²) in [5, 5.41) is 6.03. The van der Waals surface area contributed by atoms with Gasteiger partial charge >= 0.3 is 0 Å². The number of carbonyl (C=O) groups is 1. The first kappa shape index (κ1) is 13.9. The smallest absolute Gasteiger partial charge is 0.253 e. The van der Waals surface area contributed by atoms with Crippen molar-refractivity contribution in [3.8, 4) is 0 Å². The highest BCUT2D eigenvalue weighted by atomic mass is 16.1. The Morgan fingerprint density at radius 3 is 2.74 bits per heavy atom. The molecule has 0 unspecified atom stereocenters. The Bertz CT molecular complexity index is 414. The van der Waals surface area contributed by atoms with Gasteiger partial charge in [-0.15, -0.1) is 0 Å². The second kappa shape index (κ2) is 7.14. The van der Waals surface area contributed by atoms with E-state index in [0.717, 1.165) is 25.2 Å². The van der Waals surface area contributed by atoms with Gasteiger partial charge < -0.3 is 15.5 Å². The summed E-state index contributed by atoms with van der Waals surface area (Å²) < 4.78 is 0. The molecule has 1 amide bonds. The van der Waals surface area contributed by atoms with Crippen molar-refractivity contribution in [1.82, 2.24) is 10.2 Å². The fraction of sp³-hybridized carbons (Fsp3) is 0.533. The van der Waals surface area contributed by atoms with Crippen LogP contribution in [0.25, 0.3) is 0 Å². The molecule has 1 heterocycles. The maximum absolute atomic E-state index is 12.1. The van der Waals surface area contributed by atoms with E-state index in [9.17, 15) is 4.79 Å². The SMILES string of the molecule is CNc1ccccc1C(=O)NCCCN1CCCC1. The summed E-state index contributed by atoms with van der Waals surface area (Å²) in [5.41, 5.74) is 1.59. The Hall–Kier alpha value is -1.55. The molecule has 1 aromatic carbocycles. The Morgan fingerprint density at radius 1 is 1.26 bits per heavy atom. The van der Waals surface area contributed by atoms with Crippen molar-refractivity contribution in [3.63, 3.8) is 0 Å². The number of nitrogens with zero attached hydrogens (tertiary/aromatic N) is 1. The molecule has 4 nitrogen and oxygen atoms in total. The third-order valence-electron chi connectivity index (χ3n) is 3.58. The van der Waals surface area contributed by atoms with Crippen LogP contribution < -0.4 is 10.6 Å². The predicted octanol–water partition coefficient (Wildman–Crippen LogP) is 1.94. The van der Waals surface area contributed by atoms with Gasteiger partial charge in [0.2, 0.25) is 0 Å². The number of anilines is 1. The summed E-state index contributed by atoms with van der Waals surface area (Å²) in [6.45, 7) is 4.27. The summed E-state index contributed by atoms with van der Waals surface area (Å²) in [4.78, 5) is 14.5. The van der Waals surface area contributed by atoms with Crippen LogP contribution in [0.1, 0.15) is 29.6 Å². The van der Waals surface area contributed by atoms with E-state index in [4.69, 9.17) is 0 Å². The number of likely N-dealkylation sites (tertiary alicyclic amines) is 1. The highest BCUT2D eigenvalue weighted by Crippen LogP contribution is 2.13. The third kappa shape index (κ3) is 3.96. The highest BCUT2D eigenvalue weighted by molar-refractivity contribution is 5.99. The molecule has 0 bridgehead atoms. The van der Waals surface area contributed by atoms with E-state index in [1.54, 1.807) is 0 Å². The van der Waals surface area contributed by atoms with Crippen LogP contribution in [-0.2, 0) is 0 Å². The molecule has 1 fully saturated rings. The van der Waals surface area contributed by atoms with Gasteiger partial charge in [-0.05, 0) is 51.0 Å². The second-order valence-corrected chi connectivity index (χ2v) is 4.95. The van der Waals surface area contributed by atoms with Crippen molar-refractivity contribution in [2.24, 2.45) is 0 Å². The summed E-state index contributed by atoms with van der Waals surface area (Å²) in [6, 6.07) is 7.58. The van der Waals surface area contributed by atoms with Gasteiger partial charge in [-0.2, -0.15) is 0 Å². The molecule has 1 saturated heterocycles. The molecule has 19 heavy (non-hydrogen) atoms. The van der Waals surface area contributed by atoms with Crippen LogP contribution >= 0.6 is 0 Å². The van der Waals surface area contributed by atoms with Crippen LogP contribution in [0, 0.1) is 0 Å². The molecule has 0 spiro atoms. The molecule has 0 saturated carbocycles. The molecule has 0 aromatic heterocycles. The van der Waals surface area contributed by atoms with Gasteiger partial charge in [-0.1, -0.05) is 12.1 Å². The second-order valence-electron chi connectivity index (χ2n) is 4.95. The number of hydrogen-bond donors (Lipinski definition) is 2. The Morgan fingerprint density at radius 2 is 2.00 bits per heavy atom. The first-order chi connectivity index (χ1) is 9.31. The van der Waals surface area contributed by atoms with Gasteiger partial charge in [0.25, 0.3) is 5.91 Å². The highest BCUT2D eigenvalue weighted by Gasteiger charge is 2.12. The van der Waals surface area contributed by atoms with E-state index in [1.165, 1.54) is 25.9 Å². The summed E-state index contributed by atoms with van der Waals surface area (Å²) >= 11 is 0. The standard InChI is InChI=1S/C15H23N3O/c1-16-14-8-3-2-7-13(14)15(19)17-9-6-12-18-10-4-5-11-18/h2-3,7-8,16H,4-6,9-12H2,1H3,(H,17,19). The molecule has 104 valence electrons. The third-order valence-corrected chi connectivity index (χ3v) is 3.58. The molecule has 0 atom stereocenters. The van der Waals surface area contributed by atoms with E-state index in [0.29, 0.717) is 5.56 Å². The van der Waals surface area contributed by atoms with Crippen LogP contribution in [0.2, 0.25) is 0 Å². The van der Waals surface area contributed by atoms with Crippen molar-refractivity contribution in [1.29, 1.82) is 0 Å². The number of amides is 1. The largest absolute Gasteiger partial charge is 0.387 e. The molecule has 1 aliphatic heterocycles. The normalized spacial score (nSPS) is 15.4. The minimum atomic E-state index is 0.00590. The Kier molecular flexibility index (Phi) is 5.21. The molecular weight excluding hydrogens is 238 g/mol. The minimum Gasteiger partial charge on any atom is -0.387 e. The maximum Gasteiger partial charge on any atom is 0.253 e. The molecule has 2 N–H and O–H groups in total. The van der Waals surface area contributed by atoms with Gasteiger partial charge in [-0.3, -0.25) is 4.79 Å². The van der Waals surface area contributed by atoms with E-state index in [2.05, 4.69) is 15.5 Å². The quantitative estimate of drug-likeness (QED) is 0.769. The van der Waals surface area contributed by atoms with Crippen LogP contribution in [0.3, 0.4) is 0 Å². The number of benzene rings is 1. The number of rotatable bonds is 6. The number of carbonyl (C=O) groups excluding carboxylic acids is 1. The van der Waals surface area contributed by atoms with Gasteiger partial charge in [0, 0.05) is 19.3 Å². The fourth-order valence-electron chi connectivity index (χ4n) is 2.51. The Labute approximate surface area is 115 Å². The Balaban J connectivity index is 1.74. The lowest BCUT2D eigenvalue weighted by atomic mass is 10.1. The molecule has 4 heteroatoms. The maximum atomic E-state index is 12.1. The minimum absolute atomic E-state index is 0.00590. The van der Waals surface area contributed by atoms with E-state index in [-0.39, 0.29) is 5.91 Å². The lowest BCUT2D eigenvalue weighted by molar-refractivity contribution is 0.0953. The molecule has 1 aromatic rings. The van der Waals surface area contributed by atoms with Gasteiger partial charge in [0.15, 0.2) is 0 Å². The fourth-order valence-corrected chi connectivity index (χ4v) is 2.51. The molecule has 0 aliphatic carbocycles. The summed E-state index contributed by atoms with van der Waals surface area (Å²) in [6.07, 6.45) is 3.66. The van der Waals surface area contributed by atoms with E-state index < -0.39 is 0 Å². The average molecular weight is 261 g/mol. The van der Waals surface area contributed by atoms with Gasteiger partial charge in [0.1, 0.15) is 0 Å². The molecule has 1 aliphatic rings. The van der Waals surface area contributed by atoms with Crippen molar-refractivity contribution >= 4 is 11.6 Å². The van der Waals surface area contributed by atoms with E-state index in [1.807, 2.05) is 31.3 Å². The monoisotopic (exact) mass is 261 g/mol. The zero-order chi connectivity index (χ0) is 13.5. The van der Waals surface area contributed by atoms with E-state index >= 15 is 0 Å². The zero-order valence-electron chi connectivity index (χ0n) is 11.6.